The Morgan fingerprint density at radius 2 is 2.29 bits per heavy atom. The molecule has 0 bridgehead atoms. The molecule has 0 fully saturated rings. The minimum atomic E-state index is -0.202. The maximum Gasteiger partial charge on any atom is 0.251 e. The predicted molar refractivity (Wildman–Crippen MR) is 69.1 cm³/mol. The molecule has 0 aliphatic rings. The third kappa shape index (κ3) is 3.91. The van der Waals surface area contributed by atoms with Gasteiger partial charge in [0, 0.05) is 18.2 Å². The third-order valence-corrected chi connectivity index (χ3v) is 2.90. The number of halogens is 1. The number of aliphatic hydroxyl groups excluding tert-OH is 1. The van der Waals surface area contributed by atoms with Crippen LogP contribution in [0, 0.1) is 0 Å². The second kappa shape index (κ2) is 6.47. The van der Waals surface area contributed by atoms with Gasteiger partial charge in [-0.1, -0.05) is 18.5 Å². The normalized spacial score (nSPS) is 12.2. The largest absolute Gasteiger partial charge is 0.398 e. The van der Waals surface area contributed by atoms with Gasteiger partial charge in [0.1, 0.15) is 0 Å². The fraction of sp³-hybridized carbons (Fsp3) is 0.417. The Hall–Kier alpha value is -1.26. The van der Waals surface area contributed by atoms with Crippen molar-refractivity contribution in [2.24, 2.45) is 0 Å². The molecule has 1 amide bonds. The fourth-order valence-electron chi connectivity index (χ4n) is 1.47. The molecule has 0 aromatic heterocycles. The van der Waals surface area contributed by atoms with Gasteiger partial charge in [0.05, 0.1) is 10.7 Å². The first-order chi connectivity index (χ1) is 8.08. The van der Waals surface area contributed by atoms with Gasteiger partial charge < -0.3 is 16.2 Å². The fourth-order valence-corrected chi connectivity index (χ4v) is 1.65. The second-order valence-electron chi connectivity index (χ2n) is 3.83. The summed E-state index contributed by atoms with van der Waals surface area (Å²) in [6.07, 6.45) is 1.32. The Morgan fingerprint density at radius 3 is 2.82 bits per heavy atom. The molecule has 0 heterocycles. The average molecular weight is 257 g/mol. The van der Waals surface area contributed by atoms with Crippen molar-refractivity contribution in [3.8, 4) is 0 Å². The van der Waals surface area contributed by atoms with Crippen LogP contribution in [0.3, 0.4) is 0 Å². The molecule has 1 rings (SSSR count). The van der Waals surface area contributed by atoms with Crippen molar-refractivity contribution in [2.75, 3.05) is 12.3 Å². The Kier molecular flexibility index (Phi) is 5.25. The van der Waals surface area contributed by atoms with E-state index in [0.717, 1.165) is 6.42 Å². The zero-order valence-corrected chi connectivity index (χ0v) is 10.5. The topological polar surface area (TPSA) is 75.3 Å². The van der Waals surface area contributed by atoms with Gasteiger partial charge in [-0.05, 0) is 31.0 Å². The SMILES string of the molecule is CCC(CCO)NC(=O)c1ccc(N)c(Cl)c1. The van der Waals surface area contributed by atoms with Crippen LogP contribution in [0.25, 0.3) is 0 Å². The molecule has 0 radical (unpaired) electrons. The Balaban J connectivity index is 2.72. The number of amides is 1. The highest BCUT2D eigenvalue weighted by Crippen LogP contribution is 2.19. The minimum absolute atomic E-state index is 0.0242. The van der Waals surface area contributed by atoms with E-state index in [1.165, 1.54) is 6.07 Å². The van der Waals surface area contributed by atoms with Crippen LogP contribution in [0.1, 0.15) is 30.1 Å². The molecule has 94 valence electrons. The second-order valence-corrected chi connectivity index (χ2v) is 4.23. The summed E-state index contributed by atoms with van der Waals surface area (Å²) in [6.45, 7) is 2.01. The third-order valence-electron chi connectivity index (χ3n) is 2.57. The van der Waals surface area contributed by atoms with E-state index in [4.69, 9.17) is 22.4 Å². The number of aliphatic hydroxyl groups is 1. The van der Waals surface area contributed by atoms with Crippen molar-refractivity contribution < 1.29 is 9.90 Å². The van der Waals surface area contributed by atoms with E-state index < -0.39 is 0 Å². The van der Waals surface area contributed by atoms with Crippen LogP contribution >= 0.6 is 11.6 Å². The lowest BCUT2D eigenvalue weighted by molar-refractivity contribution is 0.0929. The van der Waals surface area contributed by atoms with Gasteiger partial charge in [-0.15, -0.1) is 0 Å². The quantitative estimate of drug-likeness (QED) is 0.704. The maximum atomic E-state index is 11.9. The van der Waals surface area contributed by atoms with Crippen molar-refractivity contribution in [3.05, 3.63) is 28.8 Å². The molecular weight excluding hydrogens is 240 g/mol. The highest BCUT2D eigenvalue weighted by Gasteiger charge is 2.12. The lowest BCUT2D eigenvalue weighted by Gasteiger charge is -2.15. The van der Waals surface area contributed by atoms with Gasteiger partial charge in [-0.2, -0.15) is 0 Å². The molecule has 5 heteroatoms. The van der Waals surface area contributed by atoms with Crippen LogP contribution in [0.2, 0.25) is 5.02 Å². The van der Waals surface area contributed by atoms with Gasteiger partial charge in [-0.25, -0.2) is 0 Å². The van der Waals surface area contributed by atoms with Crippen molar-refractivity contribution in [1.29, 1.82) is 0 Å². The molecule has 0 saturated carbocycles. The number of hydrogen-bond donors (Lipinski definition) is 3. The number of rotatable bonds is 5. The highest BCUT2D eigenvalue weighted by atomic mass is 35.5. The van der Waals surface area contributed by atoms with E-state index in [0.29, 0.717) is 22.7 Å². The molecule has 1 aromatic carbocycles. The molecule has 0 aliphatic heterocycles. The summed E-state index contributed by atoms with van der Waals surface area (Å²) in [6, 6.07) is 4.74. The zero-order valence-electron chi connectivity index (χ0n) is 9.74. The van der Waals surface area contributed by atoms with Crippen molar-refractivity contribution >= 4 is 23.2 Å². The molecular formula is C12H17ClN2O2. The summed E-state index contributed by atoms with van der Waals surface area (Å²) in [5.74, 6) is -0.202. The van der Waals surface area contributed by atoms with Crippen molar-refractivity contribution in [1.82, 2.24) is 5.32 Å². The van der Waals surface area contributed by atoms with Crippen LogP contribution in [0.4, 0.5) is 5.69 Å². The molecule has 4 N–H and O–H groups in total. The van der Waals surface area contributed by atoms with Gasteiger partial charge in [-0.3, -0.25) is 4.79 Å². The number of hydrogen-bond acceptors (Lipinski definition) is 3. The number of carbonyl (C=O) groups excluding carboxylic acids is 1. The minimum Gasteiger partial charge on any atom is -0.398 e. The summed E-state index contributed by atoms with van der Waals surface area (Å²) in [7, 11) is 0. The molecule has 0 saturated heterocycles. The first kappa shape index (κ1) is 13.8. The van der Waals surface area contributed by atoms with Crippen molar-refractivity contribution in [3.63, 3.8) is 0 Å². The van der Waals surface area contributed by atoms with E-state index in [1.807, 2.05) is 6.92 Å². The summed E-state index contributed by atoms with van der Waals surface area (Å²) in [4.78, 5) is 11.9. The summed E-state index contributed by atoms with van der Waals surface area (Å²) in [5.41, 5.74) is 6.49. The van der Waals surface area contributed by atoms with E-state index in [1.54, 1.807) is 12.1 Å². The maximum absolute atomic E-state index is 11.9. The van der Waals surface area contributed by atoms with Crippen LogP contribution < -0.4 is 11.1 Å². The van der Waals surface area contributed by atoms with E-state index >= 15 is 0 Å². The van der Waals surface area contributed by atoms with Crippen LogP contribution in [0.5, 0.6) is 0 Å². The molecule has 1 atom stereocenters. The molecule has 1 aromatic rings. The lowest BCUT2D eigenvalue weighted by atomic mass is 10.1. The van der Waals surface area contributed by atoms with E-state index in [-0.39, 0.29) is 18.6 Å². The average Bonchev–Trinajstić information content (AvgIpc) is 2.31. The number of nitrogen functional groups attached to an aromatic ring is 1. The number of nitrogens with one attached hydrogen (secondary N) is 1. The standard InChI is InChI=1S/C12H17ClN2O2/c1-2-9(5-6-16)15-12(17)8-3-4-11(14)10(13)7-8/h3-4,7,9,16H,2,5-6,14H2,1H3,(H,15,17). The Morgan fingerprint density at radius 1 is 1.59 bits per heavy atom. The van der Waals surface area contributed by atoms with Gasteiger partial charge >= 0.3 is 0 Å². The van der Waals surface area contributed by atoms with Gasteiger partial charge in [0.15, 0.2) is 0 Å². The number of anilines is 1. The highest BCUT2D eigenvalue weighted by molar-refractivity contribution is 6.33. The number of carbonyl (C=O) groups is 1. The van der Waals surface area contributed by atoms with E-state index in [2.05, 4.69) is 5.32 Å². The van der Waals surface area contributed by atoms with Crippen molar-refractivity contribution in [2.45, 2.75) is 25.8 Å². The van der Waals surface area contributed by atoms with Crippen LogP contribution in [-0.4, -0.2) is 23.7 Å². The summed E-state index contributed by atoms with van der Waals surface area (Å²) in [5, 5.41) is 12.0. The molecule has 4 nitrogen and oxygen atoms in total. The number of benzene rings is 1. The lowest BCUT2D eigenvalue weighted by Crippen LogP contribution is -2.35. The molecule has 17 heavy (non-hydrogen) atoms. The molecule has 1 unspecified atom stereocenters. The summed E-state index contributed by atoms with van der Waals surface area (Å²) >= 11 is 5.84. The number of nitrogens with two attached hydrogens (primary N) is 1. The van der Waals surface area contributed by atoms with Crippen LogP contribution in [-0.2, 0) is 0 Å². The first-order valence-electron chi connectivity index (χ1n) is 5.55. The van der Waals surface area contributed by atoms with E-state index in [9.17, 15) is 4.79 Å². The first-order valence-corrected chi connectivity index (χ1v) is 5.93. The Bertz CT molecular complexity index is 396. The smallest absolute Gasteiger partial charge is 0.251 e. The van der Waals surface area contributed by atoms with Crippen LogP contribution in [0.15, 0.2) is 18.2 Å². The Labute approximate surface area is 106 Å². The molecule has 0 spiro atoms. The monoisotopic (exact) mass is 256 g/mol. The summed E-state index contributed by atoms with van der Waals surface area (Å²) < 4.78 is 0. The molecule has 0 aliphatic carbocycles. The zero-order chi connectivity index (χ0) is 12.8. The van der Waals surface area contributed by atoms with Gasteiger partial charge in [0.2, 0.25) is 0 Å². The van der Waals surface area contributed by atoms with Gasteiger partial charge in [0.25, 0.3) is 5.91 Å². The predicted octanol–water partition coefficient (Wildman–Crippen LogP) is 1.81.